The molecular weight excluding hydrogens is 181 g/mol. The lowest BCUT2D eigenvalue weighted by atomic mass is 10.1. The first-order valence-corrected chi connectivity index (χ1v) is 4.71. The lowest BCUT2D eigenvalue weighted by molar-refractivity contribution is 0.407. The molecule has 0 aliphatic carbocycles. The third-order valence-electron chi connectivity index (χ3n) is 2.11. The topological polar surface area (TPSA) is 35.2 Å². The van der Waals surface area contributed by atoms with Gasteiger partial charge in [0, 0.05) is 6.04 Å². The zero-order chi connectivity index (χ0) is 10.6. The molecule has 0 bridgehead atoms. The molecule has 1 atom stereocenters. The summed E-state index contributed by atoms with van der Waals surface area (Å²) in [5.41, 5.74) is 6.51. The molecule has 0 aliphatic rings. The fourth-order valence-corrected chi connectivity index (χ4v) is 1.33. The summed E-state index contributed by atoms with van der Waals surface area (Å²) in [7, 11) is 1.59. The Morgan fingerprint density at radius 3 is 2.79 bits per heavy atom. The molecule has 0 saturated carbocycles. The van der Waals surface area contributed by atoms with Gasteiger partial charge in [0.15, 0.2) is 0 Å². The number of hydrogen-bond donors (Lipinski definition) is 1. The SMILES string of the molecule is COc1ccc(F)cc1CC[C@@H](C)N. The van der Waals surface area contributed by atoms with Crippen molar-refractivity contribution in [1.82, 2.24) is 0 Å². The zero-order valence-corrected chi connectivity index (χ0v) is 8.59. The second kappa shape index (κ2) is 4.96. The Balaban J connectivity index is 2.77. The van der Waals surface area contributed by atoms with E-state index in [-0.39, 0.29) is 11.9 Å². The Bertz CT molecular complexity index is 299. The van der Waals surface area contributed by atoms with E-state index in [0.29, 0.717) is 0 Å². The lowest BCUT2D eigenvalue weighted by Gasteiger charge is -2.09. The second-order valence-corrected chi connectivity index (χ2v) is 3.47. The van der Waals surface area contributed by atoms with Gasteiger partial charge in [-0.25, -0.2) is 4.39 Å². The molecule has 78 valence electrons. The number of benzene rings is 1. The van der Waals surface area contributed by atoms with Gasteiger partial charge in [0.25, 0.3) is 0 Å². The van der Waals surface area contributed by atoms with Crippen molar-refractivity contribution in [2.24, 2.45) is 5.73 Å². The second-order valence-electron chi connectivity index (χ2n) is 3.47. The molecule has 1 rings (SSSR count). The molecule has 1 aromatic rings. The standard InChI is InChI=1S/C11H16FNO/c1-8(13)3-4-9-7-10(12)5-6-11(9)14-2/h5-8H,3-4,13H2,1-2H3/t8-/m1/s1. The fraction of sp³-hybridized carbons (Fsp3) is 0.455. The molecule has 1 aromatic carbocycles. The number of aryl methyl sites for hydroxylation is 1. The average Bonchev–Trinajstić information content (AvgIpc) is 2.15. The Morgan fingerprint density at radius 1 is 1.50 bits per heavy atom. The molecule has 0 aromatic heterocycles. The largest absolute Gasteiger partial charge is 0.496 e. The van der Waals surface area contributed by atoms with Crippen LogP contribution in [0.5, 0.6) is 5.75 Å². The molecule has 0 heterocycles. The van der Waals surface area contributed by atoms with E-state index < -0.39 is 0 Å². The highest BCUT2D eigenvalue weighted by Gasteiger charge is 2.05. The van der Waals surface area contributed by atoms with E-state index in [0.717, 1.165) is 24.2 Å². The van der Waals surface area contributed by atoms with Gasteiger partial charge in [-0.1, -0.05) is 0 Å². The first-order valence-electron chi connectivity index (χ1n) is 4.71. The Labute approximate surface area is 83.9 Å². The average molecular weight is 197 g/mol. The summed E-state index contributed by atoms with van der Waals surface area (Å²) in [5.74, 6) is 0.498. The molecule has 0 spiro atoms. The van der Waals surface area contributed by atoms with Crippen LogP contribution in [-0.4, -0.2) is 13.2 Å². The zero-order valence-electron chi connectivity index (χ0n) is 8.59. The Hall–Kier alpha value is -1.09. The van der Waals surface area contributed by atoms with E-state index in [4.69, 9.17) is 10.5 Å². The summed E-state index contributed by atoms with van der Waals surface area (Å²) >= 11 is 0. The maximum absolute atomic E-state index is 12.9. The van der Waals surface area contributed by atoms with E-state index in [9.17, 15) is 4.39 Å². The number of rotatable bonds is 4. The lowest BCUT2D eigenvalue weighted by Crippen LogP contribution is -2.15. The molecule has 2 nitrogen and oxygen atoms in total. The predicted octanol–water partition coefficient (Wildman–Crippen LogP) is 2.11. The molecule has 0 radical (unpaired) electrons. The van der Waals surface area contributed by atoms with Gasteiger partial charge in [0.05, 0.1) is 7.11 Å². The maximum Gasteiger partial charge on any atom is 0.123 e. The van der Waals surface area contributed by atoms with Crippen molar-refractivity contribution in [3.8, 4) is 5.75 Å². The van der Waals surface area contributed by atoms with Gasteiger partial charge < -0.3 is 10.5 Å². The van der Waals surface area contributed by atoms with E-state index in [2.05, 4.69) is 0 Å². The van der Waals surface area contributed by atoms with Gasteiger partial charge in [0.2, 0.25) is 0 Å². The summed E-state index contributed by atoms with van der Waals surface area (Å²) in [6.45, 7) is 1.94. The Morgan fingerprint density at radius 2 is 2.21 bits per heavy atom. The van der Waals surface area contributed by atoms with Crippen LogP contribution in [0.15, 0.2) is 18.2 Å². The highest BCUT2D eigenvalue weighted by atomic mass is 19.1. The first-order chi connectivity index (χ1) is 6.63. The molecule has 0 aliphatic heterocycles. The van der Waals surface area contributed by atoms with E-state index in [1.54, 1.807) is 13.2 Å². The van der Waals surface area contributed by atoms with Crippen LogP contribution in [0.4, 0.5) is 4.39 Å². The third-order valence-corrected chi connectivity index (χ3v) is 2.11. The molecule has 3 heteroatoms. The van der Waals surface area contributed by atoms with Gasteiger partial charge >= 0.3 is 0 Å². The monoisotopic (exact) mass is 197 g/mol. The molecule has 0 saturated heterocycles. The van der Waals surface area contributed by atoms with Crippen LogP contribution in [0.2, 0.25) is 0 Å². The quantitative estimate of drug-likeness (QED) is 0.802. The number of ether oxygens (including phenoxy) is 1. The molecular formula is C11H16FNO. The van der Waals surface area contributed by atoms with Crippen LogP contribution in [-0.2, 0) is 6.42 Å². The molecule has 0 unspecified atom stereocenters. The van der Waals surface area contributed by atoms with Gasteiger partial charge in [-0.2, -0.15) is 0 Å². The van der Waals surface area contributed by atoms with Crippen molar-refractivity contribution in [3.63, 3.8) is 0 Å². The molecule has 14 heavy (non-hydrogen) atoms. The smallest absolute Gasteiger partial charge is 0.123 e. The van der Waals surface area contributed by atoms with Crippen LogP contribution in [0.3, 0.4) is 0 Å². The normalized spacial score (nSPS) is 12.6. The van der Waals surface area contributed by atoms with Crippen LogP contribution < -0.4 is 10.5 Å². The number of nitrogens with two attached hydrogens (primary N) is 1. The van der Waals surface area contributed by atoms with Crippen molar-refractivity contribution < 1.29 is 9.13 Å². The number of methoxy groups -OCH3 is 1. The van der Waals surface area contributed by atoms with Gasteiger partial charge in [-0.3, -0.25) is 0 Å². The van der Waals surface area contributed by atoms with Crippen molar-refractivity contribution in [2.75, 3.05) is 7.11 Å². The van der Waals surface area contributed by atoms with Crippen LogP contribution >= 0.6 is 0 Å². The predicted molar refractivity (Wildman–Crippen MR) is 54.9 cm³/mol. The van der Waals surface area contributed by atoms with E-state index >= 15 is 0 Å². The maximum atomic E-state index is 12.9. The van der Waals surface area contributed by atoms with Gasteiger partial charge in [-0.05, 0) is 43.5 Å². The fourth-order valence-electron chi connectivity index (χ4n) is 1.33. The van der Waals surface area contributed by atoms with Gasteiger partial charge in [-0.15, -0.1) is 0 Å². The van der Waals surface area contributed by atoms with Crippen molar-refractivity contribution >= 4 is 0 Å². The minimum Gasteiger partial charge on any atom is -0.496 e. The summed E-state index contributed by atoms with van der Waals surface area (Å²) in [6, 6.07) is 4.67. The summed E-state index contributed by atoms with van der Waals surface area (Å²) in [5, 5.41) is 0. The summed E-state index contributed by atoms with van der Waals surface area (Å²) in [6.07, 6.45) is 1.58. The van der Waals surface area contributed by atoms with Crippen molar-refractivity contribution in [3.05, 3.63) is 29.6 Å². The van der Waals surface area contributed by atoms with Crippen LogP contribution in [0, 0.1) is 5.82 Å². The molecule has 2 N–H and O–H groups in total. The minimum absolute atomic E-state index is 0.128. The number of halogens is 1. The minimum atomic E-state index is -0.231. The molecule has 0 fully saturated rings. The Kier molecular flexibility index (Phi) is 3.89. The van der Waals surface area contributed by atoms with Crippen LogP contribution in [0.25, 0.3) is 0 Å². The molecule has 0 amide bonds. The van der Waals surface area contributed by atoms with Gasteiger partial charge in [0.1, 0.15) is 11.6 Å². The summed E-state index contributed by atoms with van der Waals surface area (Å²) in [4.78, 5) is 0. The highest BCUT2D eigenvalue weighted by molar-refractivity contribution is 5.34. The van der Waals surface area contributed by atoms with E-state index in [1.807, 2.05) is 6.92 Å². The van der Waals surface area contributed by atoms with Crippen molar-refractivity contribution in [2.45, 2.75) is 25.8 Å². The van der Waals surface area contributed by atoms with Crippen LogP contribution in [0.1, 0.15) is 18.9 Å². The van der Waals surface area contributed by atoms with E-state index in [1.165, 1.54) is 12.1 Å². The summed E-state index contributed by atoms with van der Waals surface area (Å²) < 4.78 is 18.0. The third kappa shape index (κ3) is 3.00. The first kappa shape index (κ1) is 11.0. The van der Waals surface area contributed by atoms with Crippen molar-refractivity contribution in [1.29, 1.82) is 0 Å². The highest BCUT2D eigenvalue weighted by Crippen LogP contribution is 2.20. The number of hydrogen-bond acceptors (Lipinski definition) is 2.